The molecule has 1 fully saturated rings. The van der Waals surface area contributed by atoms with E-state index in [9.17, 15) is 10.1 Å². The lowest BCUT2D eigenvalue weighted by molar-refractivity contribution is -0.385. The summed E-state index contributed by atoms with van der Waals surface area (Å²) in [5.41, 5.74) is 2.43. The molecule has 1 aliphatic carbocycles. The highest BCUT2D eigenvalue weighted by Gasteiger charge is 2.30. The van der Waals surface area contributed by atoms with E-state index in [1.807, 2.05) is 12.1 Å². The van der Waals surface area contributed by atoms with E-state index in [0.29, 0.717) is 17.5 Å². The highest BCUT2D eigenvalue weighted by atomic mass is 16.6. The lowest BCUT2D eigenvalue weighted by Crippen LogP contribution is -1.97. The van der Waals surface area contributed by atoms with Crippen LogP contribution in [-0.2, 0) is 0 Å². The molecule has 0 radical (unpaired) electrons. The minimum atomic E-state index is -0.266. The third-order valence-electron chi connectivity index (χ3n) is 2.93. The Morgan fingerprint density at radius 2 is 2.07 bits per heavy atom. The number of rotatable bonds is 3. The van der Waals surface area contributed by atoms with Crippen molar-refractivity contribution in [3.8, 4) is 0 Å². The maximum absolute atomic E-state index is 10.8. The van der Waals surface area contributed by atoms with Crippen molar-refractivity contribution in [1.82, 2.24) is 0 Å². The van der Waals surface area contributed by atoms with Gasteiger partial charge >= 0.3 is 0 Å². The van der Waals surface area contributed by atoms with Crippen LogP contribution in [-0.4, -0.2) is 4.92 Å². The molecule has 1 aliphatic rings. The molecule has 3 nitrogen and oxygen atoms in total. The molecule has 0 aliphatic heterocycles. The van der Waals surface area contributed by atoms with Crippen LogP contribution in [0.1, 0.15) is 49.7 Å². The maximum Gasteiger partial charge on any atom is 0.272 e. The summed E-state index contributed by atoms with van der Waals surface area (Å²) in [5, 5.41) is 10.8. The van der Waals surface area contributed by atoms with Crippen molar-refractivity contribution in [3.05, 3.63) is 39.4 Å². The van der Waals surface area contributed by atoms with Crippen molar-refractivity contribution < 1.29 is 4.92 Å². The number of benzene rings is 1. The molecule has 3 heteroatoms. The van der Waals surface area contributed by atoms with Crippen LogP contribution in [0.2, 0.25) is 0 Å². The van der Waals surface area contributed by atoms with Gasteiger partial charge in [-0.25, -0.2) is 0 Å². The van der Waals surface area contributed by atoms with Crippen LogP contribution in [0.3, 0.4) is 0 Å². The molecule has 1 saturated carbocycles. The summed E-state index contributed by atoms with van der Waals surface area (Å²) in [6, 6.07) is 5.54. The standard InChI is InChI=1S/C12H15NO2/c1-8(2)10-5-6-12(13(14)15)11(7-10)9-3-4-9/h5-9H,3-4H2,1-2H3. The fourth-order valence-corrected chi connectivity index (χ4v) is 1.82. The Labute approximate surface area is 89.3 Å². The van der Waals surface area contributed by atoms with Gasteiger partial charge in [-0.2, -0.15) is 0 Å². The highest BCUT2D eigenvalue weighted by molar-refractivity contribution is 5.47. The average Bonchev–Trinajstić information content (AvgIpc) is 2.99. The van der Waals surface area contributed by atoms with Crippen molar-refractivity contribution in [2.75, 3.05) is 0 Å². The maximum atomic E-state index is 10.8. The third kappa shape index (κ3) is 2.01. The van der Waals surface area contributed by atoms with Gasteiger partial charge in [-0.3, -0.25) is 10.1 Å². The van der Waals surface area contributed by atoms with Gasteiger partial charge < -0.3 is 0 Å². The Morgan fingerprint density at radius 1 is 1.40 bits per heavy atom. The van der Waals surface area contributed by atoms with E-state index < -0.39 is 0 Å². The van der Waals surface area contributed by atoms with Crippen LogP contribution in [0.15, 0.2) is 18.2 Å². The zero-order chi connectivity index (χ0) is 11.0. The van der Waals surface area contributed by atoms with Crippen LogP contribution < -0.4 is 0 Å². The summed E-state index contributed by atoms with van der Waals surface area (Å²) in [7, 11) is 0. The fourth-order valence-electron chi connectivity index (χ4n) is 1.82. The molecule has 15 heavy (non-hydrogen) atoms. The van der Waals surface area contributed by atoms with Crippen molar-refractivity contribution in [2.24, 2.45) is 0 Å². The number of hydrogen-bond acceptors (Lipinski definition) is 2. The molecule has 0 bridgehead atoms. The molecule has 0 heterocycles. The van der Waals surface area contributed by atoms with E-state index in [2.05, 4.69) is 13.8 Å². The molecule has 0 atom stereocenters. The summed E-state index contributed by atoms with van der Waals surface area (Å²) in [6.45, 7) is 4.22. The summed E-state index contributed by atoms with van der Waals surface area (Å²) in [5.74, 6) is 0.868. The number of hydrogen-bond donors (Lipinski definition) is 0. The Bertz CT molecular complexity index is 395. The molecule has 0 saturated heterocycles. The van der Waals surface area contributed by atoms with Crippen molar-refractivity contribution in [3.63, 3.8) is 0 Å². The first-order valence-corrected chi connectivity index (χ1v) is 5.38. The van der Waals surface area contributed by atoms with E-state index in [1.165, 1.54) is 5.56 Å². The SMILES string of the molecule is CC(C)c1ccc([N+](=O)[O-])c(C2CC2)c1. The van der Waals surface area contributed by atoms with E-state index in [4.69, 9.17) is 0 Å². The minimum absolute atomic E-state index is 0.266. The van der Waals surface area contributed by atoms with Crippen molar-refractivity contribution >= 4 is 5.69 Å². The van der Waals surface area contributed by atoms with Gasteiger partial charge in [0.15, 0.2) is 0 Å². The molecule has 80 valence electrons. The summed E-state index contributed by atoms with van der Waals surface area (Å²) in [4.78, 5) is 10.6. The van der Waals surface area contributed by atoms with E-state index in [0.717, 1.165) is 18.4 Å². The molecule has 0 spiro atoms. The molecular weight excluding hydrogens is 190 g/mol. The number of nitro groups is 1. The van der Waals surface area contributed by atoms with E-state index >= 15 is 0 Å². The second-order valence-electron chi connectivity index (χ2n) is 4.50. The van der Waals surface area contributed by atoms with Crippen LogP contribution >= 0.6 is 0 Å². The van der Waals surface area contributed by atoms with Gasteiger partial charge in [0.25, 0.3) is 5.69 Å². The van der Waals surface area contributed by atoms with E-state index in [1.54, 1.807) is 6.07 Å². The van der Waals surface area contributed by atoms with Gasteiger partial charge in [-0.1, -0.05) is 19.9 Å². The lowest BCUT2D eigenvalue weighted by atomic mass is 9.98. The first kappa shape index (κ1) is 10.1. The zero-order valence-electron chi connectivity index (χ0n) is 9.06. The van der Waals surface area contributed by atoms with Crippen LogP contribution in [0.4, 0.5) is 5.69 Å². The normalized spacial score (nSPS) is 15.7. The Morgan fingerprint density at radius 3 is 2.53 bits per heavy atom. The van der Waals surface area contributed by atoms with Crippen LogP contribution in [0.25, 0.3) is 0 Å². The summed E-state index contributed by atoms with van der Waals surface area (Å²) < 4.78 is 0. The largest absolute Gasteiger partial charge is 0.272 e. The van der Waals surface area contributed by atoms with Crippen molar-refractivity contribution in [2.45, 2.75) is 38.5 Å². The third-order valence-corrected chi connectivity index (χ3v) is 2.93. The predicted molar refractivity (Wildman–Crippen MR) is 59.2 cm³/mol. The molecule has 0 N–H and O–H groups in total. The molecular formula is C12H15NO2. The quantitative estimate of drug-likeness (QED) is 0.559. The summed E-state index contributed by atoms with van der Waals surface area (Å²) in [6.07, 6.45) is 2.20. The van der Waals surface area contributed by atoms with Crippen LogP contribution in [0.5, 0.6) is 0 Å². The van der Waals surface area contributed by atoms with Gasteiger partial charge in [-0.15, -0.1) is 0 Å². The molecule has 1 aromatic rings. The minimum Gasteiger partial charge on any atom is -0.258 e. The molecule has 0 amide bonds. The zero-order valence-corrected chi connectivity index (χ0v) is 9.06. The second kappa shape index (κ2) is 3.65. The number of nitro benzene ring substituents is 1. The predicted octanol–water partition coefficient (Wildman–Crippen LogP) is 3.60. The monoisotopic (exact) mass is 205 g/mol. The van der Waals surface area contributed by atoms with Gasteiger partial charge in [0, 0.05) is 11.6 Å². The molecule has 2 rings (SSSR count). The molecule has 1 aromatic carbocycles. The first-order chi connectivity index (χ1) is 7.09. The highest BCUT2D eigenvalue weighted by Crippen LogP contribution is 2.44. The Kier molecular flexibility index (Phi) is 2.47. The fraction of sp³-hybridized carbons (Fsp3) is 0.500. The lowest BCUT2D eigenvalue weighted by Gasteiger charge is -2.08. The van der Waals surface area contributed by atoms with Gasteiger partial charge in [-0.05, 0) is 36.3 Å². The van der Waals surface area contributed by atoms with Gasteiger partial charge in [0.1, 0.15) is 0 Å². The summed E-state index contributed by atoms with van der Waals surface area (Å²) >= 11 is 0. The first-order valence-electron chi connectivity index (χ1n) is 5.38. The molecule has 0 unspecified atom stereocenters. The second-order valence-corrected chi connectivity index (χ2v) is 4.50. The molecule has 0 aromatic heterocycles. The van der Waals surface area contributed by atoms with Gasteiger partial charge in [0.2, 0.25) is 0 Å². The number of nitrogens with zero attached hydrogens (tertiary/aromatic N) is 1. The topological polar surface area (TPSA) is 43.1 Å². The smallest absolute Gasteiger partial charge is 0.258 e. The van der Waals surface area contributed by atoms with Crippen LogP contribution in [0, 0.1) is 10.1 Å². The van der Waals surface area contributed by atoms with E-state index in [-0.39, 0.29) is 4.92 Å². The Balaban J connectivity index is 2.44. The Hall–Kier alpha value is -1.38. The van der Waals surface area contributed by atoms with Gasteiger partial charge in [0.05, 0.1) is 4.92 Å². The van der Waals surface area contributed by atoms with Crippen molar-refractivity contribution in [1.29, 1.82) is 0 Å². The average molecular weight is 205 g/mol.